The largest absolute Gasteiger partial charge is 0.338 e. The van der Waals surface area contributed by atoms with Crippen molar-refractivity contribution in [3.05, 3.63) is 52.8 Å². The SMILES string of the molecule is O=C1Nc2ccc(-c3ccc(Cl)cc3F)cc2C(=O)N2CCN(C(=O)CCCCNC3CCNCC3)CC12. The maximum Gasteiger partial charge on any atom is 0.256 e. The Morgan fingerprint density at radius 1 is 1.05 bits per heavy atom. The van der Waals surface area contributed by atoms with Gasteiger partial charge in [0.1, 0.15) is 11.9 Å². The molecular formula is C28H33ClFN5O3. The van der Waals surface area contributed by atoms with E-state index in [1.807, 2.05) is 0 Å². The van der Waals surface area contributed by atoms with Crippen molar-refractivity contribution in [2.75, 3.05) is 44.6 Å². The zero-order chi connectivity index (χ0) is 26.6. The molecule has 0 aliphatic carbocycles. The quantitative estimate of drug-likeness (QED) is 0.468. The van der Waals surface area contributed by atoms with Gasteiger partial charge in [0.2, 0.25) is 11.8 Å². The van der Waals surface area contributed by atoms with E-state index in [1.165, 1.54) is 11.0 Å². The van der Waals surface area contributed by atoms with Crippen LogP contribution in [0.25, 0.3) is 11.1 Å². The summed E-state index contributed by atoms with van der Waals surface area (Å²) in [5.41, 5.74) is 1.52. The van der Waals surface area contributed by atoms with Crippen molar-refractivity contribution in [3.8, 4) is 11.1 Å². The fourth-order valence-electron chi connectivity index (χ4n) is 5.46. The number of piperidine rings is 1. The molecule has 8 nitrogen and oxygen atoms in total. The van der Waals surface area contributed by atoms with Gasteiger partial charge >= 0.3 is 0 Å². The lowest BCUT2D eigenvalue weighted by molar-refractivity contribution is -0.135. The van der Waals surface area contributed by atoms with Crippen molar-refractivity contribution in [2.24, 2.45) is 0 Å². The van der Waals surface area contributed by atoms with Crippen LogP contribution in [0.5, 0.6) is 0 Å². The standard InChI is InChI=1S/C28H33ClFN5O3/c29-19-5-6-21(23(30)16-19)18-4-7-24-22(15-18)28(38)35-14-13-34(17-25(35)27(37)33-24)26(36)3-1-2-10-32-20-8-11-31-12-9-20/h4-7,15-16,20,25,31-32H,1-3,8-14,17H2,(H,33,37). The summed E-state index contributed by atoms with van der Waals surface area (Å²) in [4.78, 5) is 42.7. The number of anilines is 1. The smallest absolute Gasteiger partial charge is 0.256 e. The monoisotopic (exact) mass is 541 g/mol. The molecule has 0 radical (unpaired) electrons. The molecule has 3 heterocycles. The van der Waals surface area contributed by atoms with Gasteiger partial charge in [0, 0.05) is 36.1 Å². The van der Waals surface area contributed by atoms with Gasteiger partial charge in [-0.3, -0.25) is 14.4 Å². The fourth-order valence-corrected chi connectivity index (χ4v) is 5.62. The molecule has 1 atom stereocenters. The summed E-state index contributed by atoms with van der Waals surface area (Å²) in [5, 5.41) is 10.0. The Bertz CT molecular complexity index is 1220. The van der Waals surface area contributed by atoms with Crippen LogP contribution in [0, 0.1) is 5.82 Å². The lowest BCUT2D eigenvalue weighted by atomic mass is 10.0. The van der Waals surface area contributed by atoms with E-state index in [-0.39, 0.29) is 35.8 Å². The van der Waals surface area contributed by atoms with E-state index in [2.05, 4.69) is 16.0 Å². The second kappa shape index (κ2) is 11.8. The van der Waals surface area contributed by atoms with Crippen LogP contribution in [0.4, 0.5) is 10.1 Å². The molecule has 2 fully saturated rings. The van der Waals surface area contributed by atoms with Crippen molar-refractivity contribution in [1.29, 1.82) is 0 Å². The van der Waals surface area contributed by atoms with Crippen molar-refractivity contribution in [1.82, 2.24) is 20.4 Å². The van der Waals surface area contributed by atoms with Gasteiger partial charge in [-0.15, -0.1) is 0 Å². The number of nitrogens with one attached hydrogen (secondary N) is 3. The molecule has 202 valence electrons. The number of carbonyl (C=O) groups excluding carboxylic acids is 3. The highest BCUT2D eigenvalue weighted by atomic mass is 35.5. The number of rotatable bonds is 7. The number of carbonyl (C=O) groups is 3. The van der Waals surface area contributed by atoms with Crippen LogP contribution in [0.3, 0.4) is 0 Å². The van der Waals surface area contributed by atoms with Crippen LogP contribution in [-0.4, -0.2) is 78.9 Å². The Balaban J connectivity index is 1.20. The first kappa shape index (κ1) is 26.6. The van der Waals surface area contributed by atoms with Crippen LogP contribution in [0.1, 0.15) is 42.5 Å². The molecule has 1 unspecified atom stereocenters. The van der Waals surface area contributed by atoms with Crippen molar-refractivity contribution in [2.45, 2.75) is 44.2 Å². The third kappa shape index (κ3) is 5.85. The number of fused-ring (bicyclic) bond motifs is 2. The van der Waals surface area contributed by atoms with Gasteiger partial charge in [-0.25, -0.2) is 4.39 Å². The Morgan fingerprint density at radius 2 is 1.87 bits per heavy atom. The van der Waals surface area contributed by atoms with Crippen LogP contribution < -0.4 is 16.0 Å². The van der Waals surface area contributed by atoms with Gasteiger partial charge in [0.25, 0.3) is 5.91 Å². The molecule has 0 aromatic heterocycles. The van der Waals surface area contributed by atoms with Gasteiger partial charge in [-0.05, 0) is 81.2 Å². The number of piperazine rings is 1. The molecule has 10 heteroatoms. The van der Waals surface area contributed by atoms with Crippen LogP contribution >= 0.6 is 11.6 Å². The first-order valence-electron chi connectivity index (χ1n) is 13.3. The molecule has 2 aromatic rings. The molecular weight excluding hydrogens is 509 g/mol. The van der Waals surface area contributed by atoms with Crippen molar-refractivity contribution in [3.63, 3.8) is 0 Å². The zero-order valence-corrected chi connectivity index (χ0v) is 22.0. The fraction of sp³-hybridized carbons (Fsp3) is 0.464. The van der Waals surface area contributed by atoms with E-state index in [9.17, 15) is 18.8 Å². The van der Waals surface area contributed by atoms with Crippen LogP contribution in [0.2, 0.25) is 5.02 Å². The summed E-state index contributed by atoms with van der Waals surface area (Å²) in [5.74, 6) is -1.12. The minimum atomic E-state index is -0.773. The van der Waals surface area contributed by atoms with Gasteiger partial charge in [-0.1, -0.05) is 17.7 Å². The molecule has 0 spiro atoms. The molecule has 38 heavy (non-hydrogen) atoms. The third-order valence-corrected chi connectivity index (χ3v) is 7.87. The Kier molecular flexibility index (Phi) is 8.26. The summed E-state index contributed by atoms with van der Waals surface area (Å²) in [6.07, 6.45) is 4.39. The maximum atomic E-state index is 14.5. The number of nitrogens with zero attached hydrogens (tertiary/aromatic N) is 2. The number of hydrogen-bond donors (Lipinski definition) is 3. The highest BCUT2D eigenvalue weighted by molar-refractivity contribution is 6.30. The van der Waals surface area contributed by atoms with E-state index in [0.717, 1.165) is 45.3 Å². The predicted molar refractivity (Wildman–Crippen MR) is 145 cm³/mol. The summed E-state index contributed by atoms with van der Waals surface area (Å²) >= 11 is 5.88. The lowest BCUT2D eigenvalue weighted by Crippen LogP contribution is -2.59. The summed E-state index contributed by atoms with van der Waals surface area (Å²) < 4.78 is 14.5. The van der Waals surface area contributed by atoms with Gasteiger partial charge in [0.15, 0.2) is 0 Å². The summed E-state index contributed by atoms with van der Waals surface area (Å²) in [7, 11) is 0. The van der Waals surface area contributed by atoms with Crippen LogP contribution in [-0.2, 0) is 9.59 Å². The van der Waals surface area contributed by atoms with Crippen molar-refractivity contribution < 1.29 is 18.8 Å². The zero-order valence-electron chi connectivity index (χ0n) is 21.3. The topological polar surface area (TPSA) is 93.8 Å². The first-order valence-corrected chi connectivity index (χ1v) is 13.7. The highest BCUT2D eigenvalue weighted by Gasteiger charge is 2.40. The third-order valence-electron chi connectivity index (χ3n) is 7.64. The summed E-state index contributed by atoms with van der Waals surface area (Å²) in [6.45, 7) is 3.79. The molecule has 3 amide bonds. The van der Waals surface area contributed by atoms with E-state index in [1.54, 1.807) is 35.2 Å². The Labute approximate surface area is 226 Å². The molecule has 2 saturated heterocycles. The molecule has 3 aliphatic rings. The number of halogens is 2. The minimum Gasteiger partial charge on any atom is -0.338 e. The number of benzene rings is 2. The maximum absolute atomic E-state index is 14.5. The first-order chi connectivity index (χ1) is 18.4. The van der Waals surface area contributed by atoms with Gasteiger partial charge < -0.3 is 25.8 Å². The molecule has 2 aromatic carbocycles. The van der Waals surface area contributed by atoms with Gasteiger partial charge in [-0.2, -0.15) is 0 Å². The minimum absolute atomic E-state index is 0.00836. The lowest BCUT2D eigenvalue weighted by Gasteiger charge is -2.39. The van der Waals surface area contributed by atoms with E-state index in [0.29, 0.717) is 41.4 Å². The average molecular weight is 542 g/mol. The predicted octanol–water partition coefficient (Wildman–Crippen LogP) is 3.26. The second-order valence-corrected chi connectivity index (χ2v) is 10.6. The van der Waals surface area contributed by atoms with Gasteiger partial charge in [0.05, 0.1) is 17.8 Å². The van der Waals surface area contributed by atoms with E-state index < -0.39 is 11.9 Å². The number of amides is 3. The average Bonchev–Trinajstić information content (AvgIpc) is 3.02. The molecule has 3 N–H and O–H groups in total. The van der Waals surface area contributed by atoms with E-state index >= 15 is 0 Å². The Morgan fingerprint density at radius 3 is 2.66 bits per heavy atom. The second-order valence-electron chi connectivity index (χ2n) is 10.2. The normalized spacial score (nSPS) is 20.0. The van der Waals surface area contributed by atoms with Crippen molar-refractivity contribution >= 4 is 35.0 Å². The molecule has 0 saturated carbocycles. The van der Waals surface area contributed by atoms with Crippen LogP contribution in [0.15, 0.2) is 36.4 Å². The highest BCUT2D eigenvalue weighted by Crippen LogP contribution is 2.32. The molecule has 5 rings (SSSR count). The number of hydrogen-bond acceptors (Lipinski definition) is 5. The molecule has 0 bridgehead atoms. The van der Waals surface area contributed by atoms with E-state index in [4.69, 9.17) is 11.6 Å². The Hall–Kier alpha value is -3.01. The number of unbranched alkanes of at least 4 members (excludes halogenated alkanes) is 1. The molecule has 3 aliphatic heterocycles. The summed E-state index contributed by atoms with van der Waals surface area (Å²) in [6, 6.07) is 9.04.